The maximum Gasteiger partial charge on any atom is 0.211 e. The van der Waals surface area contributed by atoms with Crippen LogP contribution in [0.4, 0.5) is 0 Å². The Morgan fingerprint density at radius 2 is 1.60 bits per heavy atom. The monoisotopic (exact) mass is 301 g/mol. The van der Waals surface area contributed by atoms with Gasteiger partial charge in [-0.05, 0) is 29.3 Å². The molecule has 100 valence electrons. The highest BCUT2D eigenvalue weighted by Gasteiger charge is 2.01. The number of aromatic amines is 1. The molecule has 0 bridgehead atoms. The Labute approximate surface area is 129 Å². The number of fused-ring (bicyclic) bond motifs is 1. The standard InChI is InChI=1S/C17H12ClN.ClH/c18-15-9-6-13(7-10-15)5-8-14-11-12-19-17-4-2-1-3-16(14)17;/h1-12H;1H/b8-5+;. The van der Waals surface area contributed by atoms with Gasteiger partial charge in [-0.1, -0.05) is 48.0 Å². The molecular weight excluding hydrogens is 289 g/mol. The number of para-hydroxylation sites is 1. The second-order valence-electron chi connectivity index (χ2n) is 4.36. The first-order valence-corrected chi connectivity index (χ1v) is 6.54. The van der Waals surface area contributed by atoms with E-state index in [0.717, 1.165) is 16.1 Å². The van der Waals surface area contributed by atoms with Gasteiger partial charge in [0.05, 0.1) is 5.39 Å². The number of benzene rings is 2. The zero-order valence-corrected chi connectivity index (χ0v) is 12.2. The number of H-pyrrole nitrogens is 1. The molecule has 3 rings (SSSR count). The number of aromatic nitrogens is 1. The fraction of sp³-hybridized carbons (Fsp3) is 0. The van der Waals surface area contributed by atoms with Gasteiger partial charge in [-0.3, -0.25) is 0 Å². The molecule has 3 heteroatoms. The third-order valence-electron chi connectivity index (χ3n) is 3.07. The van der Waals surface area contributed by atoms with E-state index in [1.54, 1.807) is 0 Å². The summed E-state index contributed by atoms with van der Waals surface area (Å²) >= 11 is 5.88. The lowest BCUT2D eigenvalue weighted by Gasteiger charge is -1.97. The van der Waals surface area contributed by atoms with Gasteiger partial charge in [0.25, 0.3) is 0 Å². The van der Waals surface area contributed by atoms with E-state index in [4.69, 9.17) is 11.6 Å². The molecule has 1 nitrogen and oxygen atoms in total. The van der Waals surface area contributed by atoms with Gasteiger partial charge in [-0.25, -0.2) is 4.98 Å². The molecule has 0 amide bonds. The van der Waals surface area contributed by atoms with Crippen molar-refractivity contribution in [2.75, 3.05) is 0 Å². The molecule has 20 heavy (non-hydrogen) atoms. The summed E-state index contributed by atoms with van der Waals surface area (Å²) in [6.07, 6.45) is 6.18. The molecule has 0 saturated heterocycles. The Hall–Kier alpha value is -1.83. The fourth-order valence-corrected chi connectivity index (χ4v) is 2.20. The van der Waals surface area contributed by atoms with Gasteiger partial charge in [-0.15, -0.1) is 0 Å². The van der Waals surface area contributed by atoms with Crippen LogP contribution in [0.2, 0.25) is 5.02 Å². The van der Waals surface area contributed by atoms with Crippen molar-refractivity contribution in [2.24, 2.45) is 0 Å². The molecule has 2 aromatic carbocycles. The number of rotatable bonds is 2. The quantitative estimate of drug-likeness (QED) is 0.681. The van der Waals surface area contributed by atoms with Crippen molar-refractivity contribution in [3.8, 4) is 0 Å². The number of pyridine rings is 1. The summed E-state index contributed by atoms with van der Waals surface area (Å²) in [5.74, 6) is 0. The first-order valence-electron chi connectivity index (χ1n) is 6.16. The first-order chi connectivity index (χ1) is 9.33. The van der Waals surface area contributed by atoms with Gasteiger partial charge < -0.3 is 12.4 Å². The van der Waals surface area contributed by atoms with E-state index in [0.29, 0.717) is 0 Å². The van der Waals surface area contributed by atoms with Gasteiger partial charge >= 0.3 is 0 Å². The van der Waals surface area contributed by atoms with Crippen molar-refractivity contribution in [3.63, 3.8) is 0 Å². The van der Waals surface area contributed by atoms with Crippen LogP contribution in [0, 0.1) is 0 Å². The second-order valence-corrected chi connectivity index (χ2v) is 4.80. The maximum atomic E-state index is 5.88. The van der Waals surface area contributed by atoms with E-state index in [2.05, 4.69) is 41.4 Å². The molecule has 3 aromatic rings. The summed E-state index contributed by atoms with van der Waals surface area (Å²) < 4.78 is 0. The molecule has 0 atom stereocenters. The molecule has 0 aliphatic carbocycles. The average Bonchev–Trinajstić information content (AvgIpc) is 2.47. The molecular formula is C17H13Cl2N. The predicted octanol–water partition coefficient (Wildman–Crippen LogP) is 1.48. The number of hydrogen-bond donors (Lipinski definition) is 0. The van der Waals surface area contributed by atoms with E-state index in [9.17, 15) is 0 Å². The Balaban J connectivity index is 0.00000147. The molecule has 0 spiro atoms. The smallest absolute Gasteiger partial charge is 0.211 e. The number of nitrogens with one attached hydrogen (secondary N) is 1. The van der Waals surface area contributed by atoms with Crippen LogP contribution in [0.25, 0.3) is 23.1 Å². The molecule has 0 radical (unpaired) electrons. The second kappa shape index (κ2) is 6.56. The zero-order valence-electron chi connectivity index (χ0n) is 10.7. The van der Waals surface area contributed by atoms with Gasteiger partial charge in [0, 0.05) is 17.2 Å². The lowest BCUT2D eigenvalue weighted by Crippen LogP contribution is -3.00. The van der Waals surface area contributed by atoms with Crippen molar-refractivity contribution < 1.29 is 17.4 Å². The third-order valence-corrected chi connectivity index (χ3v) is 3.32. The number of halogens is 2. The predicted molar refractivity (Wildman–Crippen MR) is 80.9 cm³/mol. The Kier molecular flexibility index (Phi) is 4.78. The van der Waals surface area contributed by atoms with E-state index < -0.39 is 0 Å². The Morgan fingerprint density at radius 1 is 0.850 bits per heavy atom. The Bertz CT molecular complexity index is 728. The van der Waals surface area contributed by atoms with Crippen molar-refractivity contribution in [1.29, 1.82) is 0 Å². The van der Waals surface area contributed by atoms with Crippen LogP contribution in [0.5, 0.6) is 0 Å². The van der Waals surface area contributed by atoms with Gasteiger partial charge in [0.1, 0.15) is 0 Å². The summed E-state index contributed by atoms with van der Waals surface area (Å²) in [5, 5.41) is 1.98. The summed E-state index contributed by atoms with van der Waals surface area (Å²) in [6, 6.07) is 18.2. The summed E-state index contributed by atoms with van der Waals surface area (Å²) in [7, 11) is 0. The van der Waals surface area contributed by atoms with Crippen LogP contribution in [0.15, 0.2) is 60.8 Å². The van der Waals surface area contributed by atoms with Crippen LogP contribution >= 0.6 is 11.6 Å². The molecule has 0 unspecified atom stereocenters. The minimum absolute atomic E-state index is 0. The van der Waals surface area contributed by atoms with Gasteiger partial charge in [0.2, 0.25) is 5.52 Å². The molecule has 1 N–H and O–H groups in total. The molecule has 0 saturated carbocycles. The third kappa shape index (κ3) is 3.19. The number of hydrogen-bond acceptors (Lipinski definition) is 0. The van der Waals surface area contributed by atoms with Crippen molar-refractivity contribution in [2.45, 2.75) is 0 Å². The van der Waals surface area contributed by atoms with Crippen LogP contribution < -0.4 is 17.4 Å². The lowest BCUT2D eigenvalue weighted by atomic mass is 10.1. The maximum absolute atomic E-state index is 5.88. The normalized spacial score (nSPS) is 10.7. The van der Waals surface area contributed by atoms with Crippen LogP contribution in [-0.2, 0) is 0 Å². The minimum Gasteiger partial charge on any atom is -1.00 e. The average molecular weight is 302 g/mol. The van der Waals surface area contributed by atoms with E-state index in [-0.39, 0.29) is 12.4 Å². The van der Waals surface area contributed by atoms with Crippen molar-refractivity contribution >= 4 is 34.7 Å². The highest BCUT2D eigenvalue weighted by Crippen LogP contribution is 2.17. The minimum atomic E-state index is 0. The topological polar surface area (TPSA) is 14.1 Å². The molecule has 0 aliphatic rings. The summed E-state index contributed by atoms with van der Waals surface area (Å²) in [6.45, 7) is 0. The molecule has 0 aliphatic heterocycles. The van der Waals surface area contributed by atoms with Crippen molar-refractivity contribution in [3.05, 3.63) is 76.9 Å². The molecule has 1 aromatic heterocycles. The van der Waals surface area contributed by atoms with Gasteiger partial charge in [0.15, 0.2) is 6.20 Å². The van der Waals surface area contributed by atoms with Crippen LogP contribution in [0.3, 0.4) is 0 Å². The lowest BCUT2D eigenvalue weighted by molar-refractivity contribution is -0.344. The van der Waals surface area contributed by atoms with E-state index in [1.807, 2.05) is 36.5 Å². The van der Waals surface area contributed by atoms with E-state index in [1.165, 1.54) is 10.9 Å². The Morgan fingerprint density at radius 3 is 2.40 bits per heavy atom. The van der Waals surface area contributed by atoms with E-state index >= 15 is 0 Å². The highest BCUT2D eigenvalue weighted by atomic mass is 35.5. The zero-order chi connectivity index (χ0) is 13.1. The highest BCUT2D eigenvalue weighted by molar-refractivity contribution is 6.30. The fourth-order valence-electron chi connectivity index (χ4n) is 2.08. The first kappa shape index (κ1) is 14.6. The van der Waals surface area contributed by atoms with Gasteiger partial charge in [-0.2, -0.15) is 0 Å². The largest absolute Gasteiger partial charge is 1.00 e. The summed E-state index contributed by atoms with van der Waals surface area (Å²) in [5.41, 5.74) is 3.48. The van der Waals surface area contributed by atoms with Crippen LogP contribution in [0.1, 0.15) is 11.1 Å². The van der Waals surface area contributed by atoms with Crippen molar-refractivity contribution in [1.82, 2.24) is 0 Å². The van der Waals surface area contributed by atoms with Crippen LogP contribution in [-0.4, -0.2) is 0 Å². The molecule has 1 heterocycles. The molecule has 0 fully saturated rings. The summed E-state index contributed by atoms with van der Waals surface area (Å²) in [4.78, 5) is 3.25. The SMILES string of the molecule is Clc1ccc(/C=C/c2cc[nH+]c3ccccc23)cc1.[Cl-].